The minimum absolute atomic E-state index is 0.0801. The molecular formula is C21H14N4O. The second-order valence-corrected chi connectivity index (χ2v) is 6.26. The first-order valence-electron chi connectivity index (χ1n) is 8.20. The molecule has 0 aliphatic heterocycles. The molecule has 5 nitrogen and oxygen atoms in total. The van der Waals surface area contributed by atoms with Crippen molar-refractivity contribution in [2.75, 3.05) is 0 Å². The Labute approximate surface area is 149 Å². The zero-order valence-corrected chi connectivity index (χ0v) is 13.8. The molecule has 0 fully saturated rings. The van der Waals surface area contributed by atoms with E-state index < -0.39 is 0 Å². The van der Waals surface area contributed by atoms with Crippen molar-refractivity contribution in [3.05, 3.63) is 71.0 Å². The van der Waals surface area contributed by atoms with Crippen molar-refractivity contribution in [3.63, 3.8) is 0 Å². The molecule has 0 spiro atoms. The summed E-state index contributed by atoms with van der Waals surface area (Å²) in [7, 11) is 0. The molecule has 0 saturated carbocycles. The third-order valence-electron chi connectivity index (χ3n) is 4.57. The standard InChI is InChI=1S/C21H14N4O/c22-9-13-1-3-20-18(5-13)15(11-24-20)7-17(26)8-16-12-25-21-4-2-14(10-23)6-19(16)21/h1-6,11-12,24-25H,7-8H2. The van der Waals surface area contributed by atoms with Crippen LogP contribution in [0.4, 0.5) is 0 Å². The predicted octanol–water partition coefficient (Wildman–Crippen LogP) is 3.75. The van der Waals surface area contributed by atoms with Gasteiger partial charge in [0, 0.05) is 47.0 Å². The minimum atomic E-state index is 0.0801. The van der Waals surface area contributed by atoms with Crippen LogP contribution in [0.2, 0.25) is 0 Å². The molecular weight excluding hydrogens is 324 g/mol. The monoisotopic (exact) mass is 338 g/mol. The van der Waals surface area contributed by atoms with E-state index in [9.17, 15) is 4.79 Å². The van der Waals surface area contributed by atoms with E-state index >= 15 is 0 Å². The number of rotatable bonds is 4. The highest BCUT2D eigenvalue weighted by molar-refractivity contribution is 5.94. The lowest BCUT2D eigenvalue weighted by molar-refractivity contribution is -0.117. The summed E-state index contributed by atoms with van der Waals surface area (Å²) >= 11 is 0. The molecule has 0 saturated heterocycles. The van der Waals surface area contributed by atoms with E-state index in [4.69, 9.17) is 10.5 Å². The Morgan fingerprint density at radius 3 is 1.69 bits per heavy atom. The zero-order chi connectivity index (χ0) is 18.1. The molecule has 4 rings (SSSR count). The molecule has 0 bridgehead atoms. The van der Waals surface area contributed by atoms with Gasteiger partial charge in [-0.05, 0) is 47.5 Å². The van der Waals surface area contributed by atoms with Gasteiger partial charge in [0.1, 0.15) is 5.78 Å². The predicted molar refractivity (Wildman–Crippen MR) is 98.4 cm³/mol. The second-order valence-electron chi connectivity index (χ2n) is 6.26. The number of hydrogen-bond donors (Lipinski definition) is 2. The third kappa shape index (κ3) is 2.72. The van der Waals surface area contributed by atoms with E-state index in [1.807, 2.05) is 24.5 Å². The summed E-state index contributed by atoms with van der Waals surface area (Å²) in [6.07, 6.45) is 4.23. The van der Waals surface area contributed by atoms with Crippen LogP contribution < -0.4 is 0 Å². The van der Waals surface area contributed by atoms with Gasteiger partial charge in [0.05, 0.1) is 23.3 Å². The first-order valence-corrected chi connectivity index (χ1v) is 8.20. The van der Waals surface area contributed by atoms with Crippen LogP contribution in [0.5, 0.6) is 0 Å². The van der Waals surface area contributed by atoms with Crippen LogP contribution in [-0.2, 0) is 17.6 Å². The number of H-pyrrole nitrogens is 2. The van der Waals surface area contributed by atoms with Crippen molar-refractivity contribution >= 4 is 27.6 Å². The number of Topliss-reactive ketones (excluding diaryl/α,β-unsaturated/α-hetero) is 1. The van der Waals surface area contributed by atoms with E-state index in [1.54, 1.807) is 24.3 Å². The maximum Gasteiger partial charge on any atom is 0.141 e. The number of nitrogens with one attached hydrogen (secondary N) is 2. The van der Waals surface area contributed by atoms with Gasteiger partial charge in [-0.3, -0.25) is 4.79 Å². The van der Waals surface area contributed by atoms with Crippen LogP contribution in [0.1, 0.15) is 22.3 Å². The highest BCUT2D eigenvalue weighted by Crippen LogP contribution is 2.23. The Bertz CT molecular complexity index is 1130. The fourth-order valence-corrected chi connectivity index (χ4v) is 3.28. The number of nitrogens with zero attached hydrogens (tertiary/aromatic N) is 2. The molecule has 0 amide bonds. The van der Waals surface area contributed by atoms with Gasteiger partial charge in [0.15, 0.2) is 0 Å². The molecule has 2 aromatic carbocycles. The Morgan fingerprint density at radius 1 is 0.808 bits per heavy atom. The lowest BCUT2D eigenvalue weighted by atomic mass is 10.0. The number of ketones is 1. The molecule has 0 atom stereocenters. The molecule has 124 valence electrons. The van der Waals surface area contributed by atoms with Crippen LogP contribution in [0.25, 0.3) is 21.8 Å². The fraction of sp³-hybridized carbons (Fsp3) is 0.0952. The van der Waals surface area contributed by atoms with Crippen LogP contribution in [-0.4, -0.2) is 15.8 Å². The lowest BCUT2D eigenvalue weighted by Crippen LogP contribution is -2.06. The molecule has 0 aliphatic rings. The molecule has 5 heteroatoms. The van der Waals surface area contributed by atoms with Gasteiger partial charge in [-0.15, -0.1) is 0 Å². The van der Waals surface area contributed by atoms with Crippen molar-refractivity contribution in [2.45, 2.75) is 12.8 Å². The maximum atomic E-state index is 12.6. The summed E-state index contributed by atoms with van der Waals surface area (Å²) < 4.78 is 0. The Hall–Kier alpha value is -3.83. The summed E-state index contributed by atoms with van der Waals surface area (Å²) in [6.45, 7) is 0. The second kappa shape index (κ2) is 6.23. The molecule has 2 aromatic heterocycles. The van der Waals surface area contributed by atoms with E-state index in [0.717, 1.165) is 32.9 Å². The van der Waals surface area contributed by atoms with E-state index in [-0.39, 0.29) is 5.78 Å². The average Bonchev–Trinajstić information content (AvgIpc) is 3.25. The molecule has 0 radical (unpaired) electrons. The number of benzene rings is 2. The zero-order valence-electron chi connectivity index (χ0n) is 13.8. The van der Waals surface area contributed by atoms with Crippen LogP contribution >= 0.6 is 0 Å². The largest absolute Gasteiger partial charge is 0.361 e. The summed E-state index contributed by atoms with van der Waals surface area (Å²) in [4.78, 5) is 18.9. The lowest BCUT2D eigenvalue weighted by Gasteiger charge is -2.01. The summed E-state index contributed by atoms with van der Waals surface area (Å²) in [5, 5.41) is 19.9. The number of fused-ring (bicyclic) bond motifs is 2. The van der Waals surface area contributed by atoms with Gasteiger partial charge in [0.2, 0.25) is 0 Å². The Kier molecular flexibility index (Phi) is 3.76. The first-order chi connectivity index (χ1) is 12.7. The van der Waals surface area contributed by atoms with Gasteiger partial charge >= 0.3 is 0 Å². The summed E-state index contributed by atoms with van der Waals surface area (Å²) in [6, 6.07) is 15.1. The molecule has 26 heavy (non-hydrogen) atoms. The van der Waals surface area contributed by atoms with Crippen molar-refractivity contribution in [2.24, 2.45) is 0 Å². The Morgan fingerprint density at radius 2 is 1.27 bits per heavy atom. The topological polar surface area (TPSA) is 96.2 Å². The van der Waals surface area contributed by atoms with Crippen molar-refractivity contribution in [1.82, 2.24) is 9.97 Å². The van der Waals surface area contributed by atoms with Crippen LogP contribution in [0.15, 0.2) is 48.8 Å². The highest BCUT2D eigenvalue weighted by atomic mass is 16.1. The minimum Gasteiger partial charge on any atom is -0.361 e. The fourth-order valence-electron chi connectivity index (χ4n) is 3.28. The number of carbonyl (C=O) groups excluding carboxylic acids is 1. The first kappa shape index (κ1) is 15.7. The van der Waals surface area contributed by atoms with Gasteiger partial charge in [0.25, 0.3) is 0 Å². The van der Waals surface area contributed by atoms with E-state index in [0.29, 0.717) is 24.0 Å². The molecule has 2 N–H and O–H groups in total. The van der Waals surface area contributed by atoms with Crippen molar-refractivity contribution < 1.29 is 4.79 Å². The summed E-state index contributed by atoms with van der Waals surface area (Å²) in [5.41, 5.74) is 4.76. The van der Waals surface area contributed by atoms with E-state index in [1.165, 1.54) is 0 Å². The average molecular weight is 338 g/mol. The molecule has 2 heterocycles. The number of carbonyl (C=O) groups is 1. The third-order valence-corrected chi connectivity index (χ3v) is 4.57. The number of aromatic amines is 2. The SMILES string of the molecule is N#Cc1ccc2[nH]cc(CC(=O)Cc3c[nH]c4ccc(C#N)cc34)c2c1. The quantitative estimate of drug-likeness (QED) is 0.593. The Balaban J connectivity index is 1.60. The number of hydrogen-bond acceptors (Lipinski definition) is 3. The molecule has 4 aromatic rings. The number of nitriles is 2. The molecule has 0 aliphatic carbocycles. The summed E-state index contributed by atoms with van der Waals surface area (Å²) in [5.74, 6) is 0.0801. The molecule has 0 unspecified atom stereocenters. The normalized spacial score (nSPS) is 10.7. The van der Waals surface area contributed by atoms with E-state index in [2.05, 4.69) is 22.1 Å². The maximum absolute atomic E-state index is 12.6. The van der Waals surface area contributed by atoms with Crippen LogP contribution in [0, 0.1) is 22.7 Å². The smallest absolute Gasteiger partial charge is 0.141 e. The van der Waals surface area contributed by atoms with Gasteiger partial charge < -0.3 is 9.97 Å². The van der Waals surface area contributed by atoms with Crippen molar-refractivity contribution in [3.8, 4) is 12.1 Å². The van der Waals surface area contributed by atoms with Gasteiger partial charge in [-0.2, -0.15) is 10.5 Å². The van der Waals surface area contributed by atoms with Crippen LogP contribution in [0.3, 0.4) is 0 Å². The number of aromatic nitrogens is 2. The highest BCUT2D eigenvalue weighted by Gasteiger charge is 2.13. The van der Waals surface area contributed by atoms with Gasteiger partial charge in [-0.25, -0.2) is 0 Å². The van der Waals surface area contributed by atoms with Crippen molar-refractivity contribution in [1.29, 1.82) is 10.5 Å². The van der Waals surface area contributed by atoms with Gasteiger partial charge in [-0.1, -0.05) is 0 Å².